The zero-order valence-corrected chi connectivity index (χ0v) is 19.7. The highest BCUT2D eigenvalue weighted by Gasteiger charge is 2.03. The molecule has 3 rings (SSSR count). The van der Waals surface area contributed by atoms with E-state index < -0.39 is 0 Å². The summed E-state index contributed by atoms with van der Waals surface area (Å²) in [4.78, 5) is 12.4. The summed E-state index contributed by atoms with van der Waals surface area (Å²) in [6.07, 6.45) is 13.6. The molecule has 0 aliphatic carbocycles. The van der Waals surface area contributed by atoms with Gasteiger partial charge in [-0.25, -0.2) is 0 Å². The molecule has 0 radical (unpaired) electrons. The third-order valence-corrected chi connectivity index (χ3v) is 6.13. The van der Waals surface area contributed by atoms with Crippen LogP contribution in [0.15, 0.2) is 89.4 Å². The zero-order chi connectivity index (χ0) is 21.7. The van der Waals surface area contributed by atoms with Gasteiger partial charge in [0.05, 0.1) is 0 Å². The van der Waals surface area contributed by atoms with Gasteiger partial charge >= 0.3 is 0 Å². The molecule has 0 aliphatic heterocycles. The van der Waals surface area contributed by atoms with Gasteiger partial charge in [-0.3, -0.25) is 4.79 Å². The van der Waals surface area contributed by atoms with E-state index in [1.54, 1.807) is 6.08 Å². The summed E-state index contributed by atoms with van der Waals surface area (Å²) in [5, 5.41) is 0. The number of hydrogen-bond donors (Lipinski definition) is 0. The number of aryl methyl sites for hydroxylation is 2. The molecule has 0 unspecified atom stereocenters. The highest BCUT2D eigenvalue weighted by atomic mass is 79.9. The number of ketones is 1. The van der Waals surface area contributed by atoms with Gasteiger partial charge in [0.25, 0.3) is 0 Å². The lowest BCUT2D eigenvalue weighted by atomic mass is 9.99. The van der Waals surface area contributed by atoms with E-state index in [-0.39, 0.29) is 5.78 Å². The van der Waals surface area contributed by atoms with E-state index in [9.17, 15) is 4.79 Å². The second kappa shape index (κ2) is 13.1. The summed E-state index contributed by atoms with van der Waals surface area (Å²) >= 11 is 3.41. The van der Waals surface area contributed by atoms with Crippen molar-refractivity contribution in [2.45, 2.75) is 51.4 Å². The van der Waals surface area contributed by atoms with Gasteiger partial charge in [-0.2, -0.15) is 0 Å². The van der Waals surface area contributed by atoms with E-state index >= 15 is 0 Å². The van der Waals surface area contributed by atoms with Gasteiger partial charge in [0, 0.05) is 10.0 Å². The fourth-order valence-electron chi connectivity index (χ4n) is 3.80. The molecule has 0 spiro atoms. The number of halogens is 1. The molecule has 2 heteroatoms. The van der Waals surface area contributed by atoms with Crippen molar-refractivity contribution in [3.8, 4) is 0 Å². The van der Waals surface area contributed by atoms with Crippen LogP contribution in [-0.4, -0.2) is 5.78 Å². The number of carbonyl (C=O) groups excluding carboxylic acids is 1. The summed E-state index contributed by atoms with van der Waals surface area (Å²) in [5.41, 5.74) is 4.64. The van der Waals surface area contributed by atoms with Gasteiger partial charge in [0.1, 0.15) is 0 Å². The first-order chi connectivity index (χ1) is 15.2. The van der Waals surface area contributed by atoms with Crippen LogP contribution in [0.3, 0.4) is 0 Å². The average Bonchev–Trinajstić information content (AvgIpc) is 2.81. The molecule has 0 atom stereocenters. The standard InChI is InChI=1S/C29H31BrO/c30-28-21-18-27(19-22-28)29(31)23-20-26-17-11-10-16-25(26)15-9-4-2-1-3-6-12-24-13-7-5-8-14-24/h5,7-8,10-11,13-14,16-23H,1-4,6,9,12,15H2/b23-20+. The van der Waals surface area contributed by atoms with Gasteiger partial charge in [-0.15, -0.1) is 0 Å². The highest BCUT2D eigenvalue weighted by Crippen LogP contribution is 2.17. The molecule has 0 amide bonds. The van der Waals surface area contributed by atoms with Crippen molar-refractivity contribution in [1.29, 1.82) is 0 Å². The molecule has 0 bridgehead atoms. The predicted molar refractivity (Wildman–Crippen MR) is 136 cm³/mol. The Bertz CT molecular complexity index is 958. The van der Waals surface area contributed by atoms with Gasteiger partial charge < -0.3 is 0 Å². The van der Waals surface area contributed by atoms with Gasteiger partial charge in [-0.1, -0.05) is 102 Å². The lowest BCUT2D eigenvalue weighted by Gasteiger charge is -2.06. The minimum atomic E-state index is 0.0396. The third-order valence-electron chi connectivity index (χ3n) is 5.60. The maximum Gasteiger partial charge on any atom is 0.185 e. The summed E-state index contributed by atoms with van der Waals surface area (Å²) < 4.78 is 0.981. The Kier molecular flexibility index (Phi) is 9.79. The first-order valence-electron chi connectivity index (χ1n) is 11.3. The third kappa shape index (κ3) is 8.30. The van der Waals surface area contributed by atoms with Crippen molar-refractivity contribution < 1.29 is 4.79 Å². The minimum Gasteiger partial charge on any atom is -0.289 e. The Labute approximate surface area is 195 Å². The van der Waals surface area contributed by atoms with Crippen LogP contribution in [0.1, 0.15) is 65.6 Å². The van der Waals surface area contributed by atoms with Crippen molar-refractivity contribution >= 4 is 27.8 Å². The molecule has 1 nitrogen and oxygen atoms in total. The molecule has 0 saturated carbocycles. The molecule has 0 fully saturated rings. The Morgan fingerprint density at radius 3 is 2.03 bits per heavy atom. The van der Waals surface area contributed by atoms with Gasteiger partial charge in [0.15, 0.2) is 5.78 Å². The number of carbonyl (C=O) groups is 1. The smallest absolute Gasteiger partial charge is 0.185 e. The minimum absolute atomic E-state index is 0.0396. The molecule has 0 saturated heterocycles. The second-order valence-corrected chi connectivity index (χ2v) is 8.93. The fourth-order valence-corrected chi connectivity index (χ4v) is 4.06. The van der Waals surface area contributed by atoms with Crippen molar-refractivity contribution in [3.63, 3.8) is 0 Å². The van der Waals surface area contributed by atoms with Crippen molar-refractivity contribution in [2.24, 2.45) is 0 Å². The number of hydrogen-bond acceptors (Lipinski definition) is 1. The Morgan fingerprint density at radius 1 is 0.677 bits per heavy atom. The topological polar surface area (TPSA) is 17.1 Å². The van der Waals surface area contributed by atoms with E-state index in [4.69, 9.17) is 0 Å². The normalized spacial score (nSPS) is 11.1. The largest absolute Gasteiger partial charge is 0.289 e. The highest BCUT2D eigenvalue weighted by molar-refractivity contribution is 9.10. The van der Waals surface area contributed by atoms with Crippen LogP contribution >= 0.6 is 15.9 Å². The van der Waals surface area contributed by atoms with Gasteiger partial charge in [-0.05, 0) is 72.7 Å². The molecule has 0 N–H and O–H groups in total. The maximum absolute atomic E-state index is 12.4. The van der Waals surface area contributed by atoms with Gasteiger partial charge in [0.2, 0.25) is 0 Å². The molecule has 3 aromatic rings. The van der Waals surface area contributed by atoms with Crippen LogP contribution in [0.25, 0.3) is 6.08 Å². The summed E-state index contributed by atoms with van der Waals surface area (Å²) in [7, 11) is 0. The number of allylic oxidation sites excluding steroid dienone is 1. The van der Waals surface area contributed by atoms with Crippen molar-refractivity contribution in [2.75, 3.05) is 0 Å². The van der Waals surface area contributed by atoms with E-state index in [1.165, 1.54) is 56.1 Å². The summed E-state index contributed by atoms with van der Waals surface area (Å²) in [5.74, 6) is 0.0396. The van der Waals surface area contributed by atoms with Crippen LogP contribution in [0.4, 0.5) is 0 Å². The maximum atomic E-state index is 12.4. The number of unbranched alkanes of at least 4 members (excludes halogenated alkanes) is 5. The molecule has 31 heavy (non-hydrogen) atoms. The van der Waals surface area contributed by atoms with Crippen LogP contribution in [0, 0.1) is 0 Å². The summed E-state index contributed by atoms with van der Waals surface area (Å²) in [6.45, 7) is 0. The number of benzene rings is 3. The fraction of sp³-hybridized carbons (Fsp3) is 0.276. The zero-order valence-electron chi connectivity index (χ0n) is 18.1. The van der Waals surface area contributed by atoms with Crippen molar-refractivity contribution in [3.05, 3.63) is 112 Å². The SMILES string of the molecule is O=C(/C=C/c1ccccc1CCCCCCCCc1ccccc1)c1ccc(Br)cc1. The van der Waals surface area contributed by atoms with E-state index in [0.29, 0.717) is 5.56 Å². The van der Waals surface area contributed by atoms with Crippen LogP contribution in [0.5, 0.6) is 0 Å². The Hall–Kier alpha value is -2.45. The van der Waals surface area contributed by atoms with Crippen molar-refractivity contribution in [1.82, 2.24) is 0 Å². The first kappa shape index (κ1) is 23.2. The summed E-state index contributed by atoms with van der Waals surface area (Å²) in [6, 6.07) is 26.7. The molecular formula is C29H31BrO. The quantitative estimate of drug-likeness (QED) is 0.146. The van der Waals surface area contributed by atoms with E-state index in [2.05, 4.69) is 64.5 Å². The Morgan fingerprint density at radius 2 is 1.29 bits per heavy atom. The van der Waals surface area contributed by atoms with E-state index in [0.717, 1.165) is 16.5 Å². The second-order valence-electron chi connectivity index (χ2n) is 8.01. The molecule has 0 heterocycles. The van der Waals surface area contributed by atoms with Crippen LogP contribution < -0.4 is 0 Å². The average molecular weight is 475 g/mol. The Balaban J connectivity index is 1.38. The molecule has 0 aromatic heterocycles. The predicted octanol–water partition coefficient (Wildman–Crippen LogP) is 8.47. The lowest BCUT2D eigenvalue weighted by Crippen LogP contribution is -1.94. The van der Waals surface area contributed by atoms with Crippen LogP contribution in [0.2, 0.25) is 0 Å². The lowest BCUT2D eigenvalue weighted by molar-refractivity contribution is 0.104. The molecule has 0 aliphatic rings. The molecule has 3 aromatic carbocycles. The van der Waals surface area contributed by atoms with Crippen LogP contribution in [-0.2, 0) is 12.8 Å². The van der Waals surface area contributed by atoms with E-state index in [1.807, 2.05) is 36.4 Å². The monoisotopic (exact) mass is 474 g/mol. The number of rotatable bonds is 12. The first-order valence-corrected chi connectivity index (χ1v) is 12.1. The molecular weight excluding hydrogens is 444 g/mol. The molecule has 160 valence electrons.